The lowest BCUT2D eigenvalue weighted by atomic mass is 10.1. The Morgan fingerprint density at radius 1 is 1.18 bits per heavy atom. The third kappa shape index (κ3) is 5.42. The molecule has 0 radical (unpaired) electrons. The Morgan fingerprint density at radius 2 is 1.86 bits per heavy atom. The number of esters is 1. The number of carbonyl (C=O) groups is 2. The van der Waals surface area contributed by atoms with E-state index in [0.29, 0.717) is 31.2 Å². The van der Waals surface area contributed by atoms with Crippen LogP contribution in [0.1, 0.15) is 31.7 Å². The Labute approximate surface area is 164 Å². The first-order chi connectivity index (χ1) is 13.4. The van der Waals surface area contributed by atoms with Gasteiger partial charge in [-0.15, -0.1) is 0 Å². The molecule has 1 saturated heterocycles. The van der Waals surface area contributed by atoms with Crippen LogP contribution in [-0.2, 0) is 25.5 Å². The topological polar surface area (TPSA) is 81.9 Å². The highest BCUT2D eigenvalue weighted by atomic mass is 16.5. The third-order valence-electron chi connectivity index (χ3n) is 4.56. The monoisotopic (exact) mass is 386 g/mol. The molecule has 0 saturated carbocycles. The van der Waals surface area contributed by atoms with E-state index < -0.39 is 5.97 Å². The summed E-state index contributed by atoms with van der Waals surface area (Å²) < 4.78 is 16.4. The normalized spacial score (nSPS) is 19.5. The summed E-state index contributed by atoms with van der Waals surface area (Å²) in [5, 5.41) is 0. The van der Waals surface area contributed by atoms with Gasteiger partial charge < -0.3 is 18.8 Å². The Morgan fingerprint density at radius 3 is 2.54 bits per heavy atom. The van der Waals surface area contributed by atoms with E-state index >= 15 is 0 Å². The van der Waals surface area contributed by atoms with E-state index in [9.17, 15) is 9.59 Å². The van der Waals surface area contributed by atoms with E-state index in [1.165, 1.54) is 5.56 Å². The highest BCUT2D eigenvalue weighted by Gasteiger charge is 2.26. The number of aromatic nitrogens is 1. The summed E-state index contributed by atoms with van der Waals surface area (Å²) in [4.78, 5) is 30.1. The molecule has 2 aromatic rings. The van der Waals surface area contributed by atoms with Gasteiger partial charge in [0.2, 0.25) is 0 Å². The quantitative estimate of drug-likeness (QED) is 0.710. The second-order valence-corrected chi connectivity index (χ2v) is 7.20. The van der Waals surface area contributed by atoms with Gasteiger partial charge in [-0.25, -0.2) is 4.98 Å². The summed E-state index contributed by atoms with van der Waals surface area (Å²) in [6.45, 7) is 6.63. The standard InChI is InChI=1S/C21H26N2O5/c1-14-4-6-17(7-5-14)18-10-22-19(28-18)8-9-21(25)26-13-20(24)23-11-15(2)27-16(3)12-23/h4-7,10,15-16H,8-9,11-13H2,1-3H3/t15-,16+. The predicted molar refractivity (Wildman–Crippen MR) is 103 cm³/mol. The number of hydrogen-bond acceptors (Lipinski definition) is 6. The first kappa shape index (κ1) is 20.1. The maximum Gasteiger partial charge on any atom is 0.306 e. The fourth-order valence-corrected chi connectivity index (χ4v) is 3.17. The molecule has 1 aliphatic heterocycles. The first-order valence-corrected chi connectivity index (χ1v) is 9.51. The van der Waals surface area contributed by atoms with Gasteiger partial charge in [-0.05, 0) is 20.8 Å². The smallest absolute Gasteiger partial charge is 0.306 e. The molecule has 2 atom stereocenters. The second-order valence-electron chi connectivity index (χ2n) is 7.20. The van der Waals surface area contributed by atoms with Gasteiger partial charge in [0.05, 0.1) is 24.8 Å². The number of hydrogen-bond donors (Lipinski definition) is 0. The summed E-state index contributed by atoms with van der Waals surface area (Å²) in [5.41, 5.74) is 2.10. The predicted octanol–water partition coefficient (Wildman–Crippen LogP) is 2.76. The minimum atomic E-state index is -0.446. The number of benzene rings is 1. The lowest BCUT2D eigenvalue weighted by Crippen LogP contribution is -2.49. The number of amides is 1. The maximum absolute atomic E-state index is 12.2. The van der Waals surface area contributed by atoms with Crippen LogP contribution in [0.5, 0.6) is 0 Å². The molecule has 0 bridgehead atoms. The zero-order valence-electron chi connectivity index (χ0n) is 16.5. The van der Waals surface area contributed by atoms with Crippen molar-refractivity contribution in [1.82, 2.24) is 9.88 Å². The molecule has 1 fully saturated rings. The summed E-state index contributed by atoms with van der Waals surface area (Å²) in [7, 11) is 0. The van der Waals surface area contributed by atoms with Crippen molar-refractivity contribution < 1.29 is 23.5 Å². The van der Waals surface area contributed by atoms with E-state index in [4.69, 9.17) is 13.9 Å². The van der Waals surface area contributed by atoms with Crippen LogP contribution in [0.15, 0.2) is 34.9 Å². The van der Waals surface area contributed by atoms with Gasteiger partial charge in [-0.2, -0.15) is 0 Å². The van der Waals surface area contributed by atoms with Crippen LogP contribution >= 0.6 is 0 Å². The molecule has 2 heterocycles. The number of oxazole rings is 1. The number of aryl methyl sites for hydroxylation is 2. The lowest BCUT2D eigenvalue weighted by Gasteiger charge is -2.35. The highest BCUT2D eigenvalue weighted by molar-refractivity contribution is 5.80. The molecule has 0 N–H and O–H groups in total. The van der Waals surface area contributed by atoms with Crippen LogP contribution in [0.2, 0.25) is 0 Å². The summed E-state index contributed by atoms with van der Waals surface area (Å²) in [5.74, 6) is 0.481. The van der Waals surface area contributed by atoms with Crippen molar-refractivity contribution in [1.29, 1.82) is 0 Å². The Kier molecular flexibility index (Phi) is 6.46. The molecule has 0 spiro atoms. The van der Waals surface area contributed by atoms with E-state index in [2.05, 4.69) is 4.98 Å². The number of rotatable bonds is 6. The molecule has 3 rings (SSSR count). The Bertz CT molecular complexity index is 804. The largest absolute Gasteiger partial charge is 0.456 e. The van der Waals surface area contributed by atoms with E-state index in [0.717, 1.165) is 5.56 Å². The molecule has 1 amide bonds. The van der Waals surface area contributed by atoms with Gasteiger partial charge in [0.15, 0.2) is 18.3 Å². The van der Waals surface area contributed by atoms with Crippen LogP contribution < -0.4 is 0 Å². The molecule has 1 aromatic carbocycles. The summed E-state index contributed by atoms with van der Waals surface area (Å²) >= 11 is 0. The summed E-state index contributed by atoms with van der Waals surface area (Å²) in [6.07, 6.45) is 2.05. The summed E-state index contributed by atoms with van der Waals surface area (Å²) in [6, 6.07) is 7.93. The number of nitrogens with zero attached hydrogens (tertiary/aromatic N) is 2. The number of carbonyl (C=O) groups excluding carboxylic acids is 2. The average molecular weight is 386 g/mol. The van der Waals surface area contributed by atoms with Crippen molar-refractivity contribution in [3.63, 3.8) is 0 Å². The van der Waals surface area contributed by atoms with Gasteiger partial charge in [0.25, 0.3) is 5.91 Å². The molecule has 150 valence electrons. The van der Waals surface area contributed by atoms with Crippen LogP contribution in [0, 0.1) is 6.92 Å². The van der Waals surface area contributed by atoms with E-state index in [1.807, 2.05) is 45.0 Å². The molecular weight excluding hydrogens is 360 g/mol. The zero-order valence-corrected chi connectivity index (χ0v) is 16.5. The van der Waals surface area contributed by atoms with Gasteiger partial charge in [0, 0.05) is 25.1 Å². The number of ether oxygens (including phenoxy) is 2. The molecule has 7 heteroatoms. The SMILES string of the molecule is Cc1ccc(-c2cnc(CCC(=O)OCC(=O)N3C[C@@H](C)O[C@@H](C)C3)o2)cc1. The molecule has 0 aliphatic carbocycles. The zero-order chi connectivity index (χ0) is 20.1. The molecule has 1 aliphatic rings. The van der Waals surface area contributed by atoms with Crippen LogP contribution in [-0.4, -0.2) is 53.7 Å². The first-order valence-electron chi connectivity index (χ1n) is 9.51. The van der Waals surface area contributed by atoms with Crippen molar-refractivity contribution in [2.45, 2.75) is 45.8 Å². The van der Waals surface area contributed by atoms with Crippen molar-refractivity contribution >= 4 is 11.9 Å². The fourth-order valence-electron chi connectivity index (χ4n) is 3.17. The van der Waals surface area contributed by atoms with E-state index in [-0.39, 0.29) is 31.1 Å². The molecule has 0 unspecified atom stereocenters. The molecule has 7 nitrogen and oxygen atoms in total. The second kappa shape index (κ2) is 9.01. The molecular formula is C21H26N2O5. The number of morpholine rings is 1. The minimum absolute atomic E-state index is 0.0175. The average Bonchev–Trinajstić information content (AvgIpc) is 3.13. The van der Waals surface area contributed by atoms with Gasteiger partial charge in [-0.1, -0.05) is 29.8 Å². The van der Waals surface area contributed by atoms with Crippen LogP contribution in [0.3, 0.4) is 0 Å². The molecule has 28 heavy (non-hydrogen) atoms. The third-order valence-corrected chi connectivity index (χ3v) is 4.56. The molecule has 1 aromatic heterocycles. The van der Waals surface area contributed by atoms with Crippen molar-refractivity contribution in [2.24, 2.45) is 0 Å². The van der Waals surface area contributed by atoms with Crippen LogP contribution in [0.25, 0.3) is 11.3 Å². The van der Waals surface area contributed by atoms with Crippen molar-refractivity contribution in [3.05, 3.63) is 41.9 Å². The van der Waals surface area contributed by atoms with Gasteiger partial charge in [-0.3, -0.25) is 9.59 Å². The lowest BCUT2D eigenvalue weighted by molar-refractivity contribution is -0.157. The van der Waals surface area contributed by atoms with E-state index in [1.54, 1.807) is 11.1 Å². The van der Waals surface area contributed by atoms with Crippen molar-refractivity contribution in [2.75, 3.05) is 19.7 Å². The van der Waals surface area contributed by atoms with Gasteiger partial charge >= 0.3 is 5.97 Å². The van der Waals surface area contributed by atoms with Crippen LogP contribution in [0.4, 0.5) is 0 Å². The van der Waals surface area contributed by atoms with Crippen molar-refractivity contribution in [3.8, 4) is 11.3 Å². The Hall–Kier alpha value is -2.67. The maximum atomic E-state index is 12.2. The Balaban J connectivity index is 1.43. The van der Waals surface area contributed by atoms with Gasteiger partial charge in [0.1, 0.15) is 0 Å². The highest BCUT2D eigenvalue weighted by Crippen LogP contribution is 2.21. The fraction of sp³-hybridized carbons (Fsp3) is 0.476. The minimum Gasteiger partial charge on any atom is -0.456 e.